The van der Waals surface area contributed by atoms with E-state index in [-0.39, 0.29) is 16.8 Å². The quantitative estimate of drug-likeness (QED) is 0.822. The van der Waals surface area contributed by atoms with Gasteiger partial charge in [-0.3, -0.25) is 4.79 Å². The van der Waals surface area contributed by atoms with Gasteiger partial charge in [0.25, 0.3) is 5.91 Å². The summed E-state index contributed by atoms with van der Waals surface area (Å²) in [5.74, 6) is 0.190. The maximum absolute atomic E-state index is 13.9. The summed E-state index contributed by atoms with van der Waals surface area (Å²) in [6.07, 6.45) is 0. The van der Waals surface area contributed by atoms with E-state index < -0.39 is 5.82 Å². The topological polar surface area (TPSA) is 20.3 Å². The van der Waals surface area contributed by atoms with Crippen molar-refractivity contribution in [2.45, 2.75) is 19.2 Å². The van der Waals surface area contributed by atoms with Crippen molar-refractivity contribution in [3.05, 3.63) is 70.5 Å². The largest absolute Gasteiger partial charge is 0.322 e. The molecule has 3 rings (SSSR count). The molecule has 4 heteroatoms. The van der Waals surface area contributed by atoms with Gasteiger partial charge in [0.1, 0.15) is 11.2 Å². The molecule has 2 aromatic rings. The Bertz CT molecular complexity index is 716. The van der Waals surface area contributed by atoms with E-state index in [0.717, 1.165) is 11.3 Å². The van der Waals surface area contributed by atoms with Gasteiger partial charge in [0, 0.05) is 12.3 Å². The van der Waals surface area contributed by atoms with Crippen LogP contribution in [0, 0.1) is 19.7 Å². The summed E-state index contributed by atoms with van der Waals surface area (Å²) in [5, 5.41) is -0.0345. The number of rotatable bonds is 2. The molecule has 114 valence electrons. The standard InChI is InChI=1S/C18H18FNOS/c1-12-7-8-14(13(2)11-12)18-20(9-10-22-18)17(21)15-5-3-4-6-16(15)19/h3-8,11,18H,9-10H2,1-2H3. The van der Waals surface area contributed by atoms with E-state index in [1.165, 1.54) is 17.2 Å². The van der Waals surface area contributed by atoms with Crippen molar-refractivity contribution in [3.63, 3.8) is 0 Å². The van der Waals surface area contributed by atoms with E-state index in [0.29, 0.717) is 6.54 Å². The lowest BCUT2D eigenvalue weighted by Gasteiger charge is -2.25. The minimum absolute atomic E-state index is 0.0345. The zero-order valence-electron chi connectivity index (χ0n) is 12.7. The summed E-state index contributed by atoms with van der Waals surface area (Å²) in [4.78, 5) is 14.5. The summed E-state index contributed by atoms with van der Waals surface area (Å²) in [6, 6.07) is 12.5. The number of aryl methyl sites for hydroxylation is 2. The molecule has 0 radical (unpaired) electrons. The minimum Gasteiger partial charge on any atom is -0.322 e. The van der Waals surface area contributed by atoms with Crippen molar-refractivity contribution in [2.75, 3.05) is 12.3 Å². The van der Waals surface area contributed by atoms with Gasteiger partial charge in [-0.1, -0.05) is 35.9 Å². The molecule has 0 bridgehead atoms. The predicted octanol–water partition coefficient (Wildman–Crippen LogP) is 4.33. The van der Waals surface area contributed by atoms with Gasteiger partial charge in [-0.15, -0.1) is 11.8 Å². The SMILES string of the molecule is Cc1ccc(C2SCCN2C(=O)c2ccccc2F)c(C)c1. The van der Waals surface area contributed by atoms with E-state index in [1.807, 2.05) is 0 Å². The summed E-state index contributed by atoms with van der Waals surface area (Å²) in [6.45, 7) is 4.77. The number of hydrogen-bond acceptors (Lipinski definition) is 2. The van der Waals surface area contributed by atoms with Crippen LogP contribution in [0.4, 0.5) is 4.39 Å². The highest BCUT2D eigenvalue weighted by atomic mass is 32.2. The molecule has 1 fully saturated rings. The maximum atomic E-state index is 13.9. The van der Waals surface area contributed by atoms with Crippen molar-refractivity contribution in [1.82, 2.24) is 4.90 Å². The lowest BCUT2D eigenvalue weighted by molar-refractivity contribution is 0.0755. The molecule has 1 aliphatic heterocycles. The normalized spacial score (nSPS) is 17.8. The van der Waals surface area contributed by atoms with Crippen molar-refractivity contribution in [2.24, 2.45) is 0 Å². The smallest absolute Gasteiger partial charge is 0.258 e. The fourth-order valence-corrected chi connectivity index (χ4v) is 4.18. The molecule has 1 amide bonds. The molecule has 22 heavy (non-hydrogen) atoms. The van der Waals surface area contributed by atoms with Crippen LogP contribution < -0.4 is 0 Å². The average molecular weight is 315 g/mol. The molecule has 2 nitrogen and oxygen atoms in total. The van der Waals surface area contributed by atoms with Gasteiger partial charge in [-0.25, -0.2) is 4.39 Å². The minimum atomic E-state index is -0.455. The van der Waals surface area contributed by atoms with Crippen LogP contribution in [0.3, 0.4) is 0 Å². The van der Waals surface area contributed by atoms with Crippen LogP contribution in [0.2, 0.25) is 0 Å². The van der Waals surface area contributed by atoms with Gasteiger partial charge in [0.2, 0.25) is 0 Å². The fraction of sp³-hybridized carbons (Fsp3) is 0.278. The second-order valence-corrected chi connectivity index (χ2v) is 6.75. The molecule has 2 aromatic carbocycles. The third kappa shape index (κ3) is 2.75. The first kappa shape index (κ1) is 15.1. The number of carbonyl (C=O) groups excluding carboxylic acids is 1. The molecule has 1 atom stereocenters. The fourth-order valence-electron chi connectivity index (χ4n) is 2.83. The summed E-state index contributed by atoms with van der Waals surface area (Å²) in [5.41, 5.74) is 3.67. The van der Waals surface area contributed by atoms with Gasteiger partial charge in [0.15, 0.2) is 0 Å². The Kier molecular flexibility index (Phi) is 4.21. The van der Waals surface area contributed by atoms with Crippen LogP contribution in [-0.2, 0) is 0 Å². The molecule has 0 N–H and O–H groups in total. The molecule has 0 aromatic heterocycles. The second kappa shape index (κ2) is 6.13. The first-order valence-electron chi connectivity index (χ1n) is 7.32. The van der Waals surface area contributed by atoms with Gasteiger partial charge < -0.3 is 4.90 Å². The van der Waals surface area contributed by atoms with E-state index in [9.17, 15) is 9.18 Å². The average Bonchev–Trinajstić information content (AvgIpc) is 2.96. The number of nitrogens with zero attached hydrogens (tertiary/aromatic N) is 1. The second-order valence-electron chi connectivity index (χ2n) is 5.56. The molecule has 0 saturated carbocycles. The molecular formula is C18H18FNOS. The van der Waals surface area contributed by atoms with Crippen molar-refractivity contribution in [3.8, 4) is 0 Å². The van der Waals surface area contributed by atoms with Crippen molar-refractivity contribution in [1.29, 1.82) is 0 Å². The number of carbonyl (C=O) groups is 1. The van der Waals surface area contributed by atoms with Crippen molar-refractivity contribution >= 4 is 17.7 Å². The Morgan fingerprint density at radius 1 is 1.23 bits per heavy atom. The van der Waals surface area contributed by atoms with Gasteiger partial charge in [-0.2, -0.15) is 0 Å². The third-order valence-electron chi connectivity index (χ3n) is 3.95. The van der Waals surface area contributed by atoms with Crippen LogP contribution in [0.25, 0.3) is 0 Å². The highest BCUT2D eigenvalue weighted by Gasteiger charge is 2.33. The van der Waals surface area contributed by atoms with Crippen molar-refractivity contribution < 1.29 is 9.18 Å². The Balaban J connectivity index is 1.93. The summed E-state index contributed by atoms with van der Waals surface area (Å²) in [7, 11) is 0. The molecule has 0 aliphatic carbocycles. The van der Waals surface area contributed by atoms with Gasteiger partial charge >= 0.3 is 0 Å². The maximum Gasteiger partial charge on any atom is 0.258 e. The molecule has 1 heterocycles. The number of thioether (sulfide) groups is 1. The Hall–Kier alpha value is -1.81. The van der Waals surface area contributed by atoms with Crippen LogP contribution in [0.5, 0.6) is 0 Å². The van der Waals surface area contributed by atoms with Crippen LogP contribution >= 0.6 is 11.8 Å². The first-order chi connectivity index (χ1) is 10.6. The van der Waals surface area contributed by atoms with Gasteiger partial charge in [0.05, 0.1) is 5.56 Å². The number of hydrogen-bond donors (Lipinski definition) is 0. The molecular weight excluding hydrogens is 297 g/mol. The predicted molar refractivity (Wildman–Crippen MR) is 88.6 cm³/mol. The van der Waals surface area contributed by atoms with E-state index >= 15 is 0 Å². The lowest BCUT2D eigenvalue weighted by atomic mass is 10.0. The summed E-state index contributed by atoms with van der Waals surface area (Å²) >= 11 is 1.74. The third-order valence-corrected chi connectivity index (χ3v) is 5.19. The Labute approximate surface area is 134 Å². The number of benzene rings is 2. The van der Waals surface area contributed by atoms with Crippen LogP contribution in [0.1, 0.15) is 32.4 Å². The number of amides is 1. The highest BCUT2D eigenvalue weighted by molar-refractivity contribution is 7.99. The van der Waals surface area contributed by atoms with Crippen LogP contribution in [-0.4, -0.2) is 23.1 Å². The lowest BCUT2D eigenvalue weighted by Crippen LogP contribution is -2.31. The molecule has 1 aliphatic rings. The van der Waals surface area contributed by atoms with E-state index in [1.54, 1.807) is 34.9 Å². The Morgan fingerprint density at radius 2 is 2.00 bits per heavy atom. The van der Waals surface area contributed by atoms with Crippen LogP contribution in [0.15, 0.2) is 42.5 Å². The van der Waals surface area contributed by atoms with Gasteiger partial charge in [-0.05, 0) is 37.1 Å². The monoisotopic (exact) mass is 315 g/mol. The first-order valence-corrected chi connectivity index (χ1v) is 8.37. The molecule has 0 spiro atoms. The highest BCUT2D eigenvalue weighted by Crippen LogP contribution is 2.40. The zero-order chi connectivity index (χ0) is 15.7. The molecule has 1 unspecified atom stereocenters. The molecule has 1 saturated heterocycles. The van der Waals surface area contributed by atoms with E-state index in [2.05, 4.69) is 32.0 Å². The summed E-state index contributed by atoms with van der Waals surface area (Å²) < 4.78 is 13.9. The zero-order valence-corrected chi connectivity index (χ0v) is 13.5. The van der Waals surface area contributed by atoms with E-state index in [4.69, 9.17) is 0 Å². The number of halogens is 1. The Morgan fingerprint density at radius 3 is 2.73 bits per heavy atom.